The van der Waals surface area contributed by atoms with E-state index in [1.54, 1.807) is 53.9 Å². The lowest BCUT2D eigenvalue weighted by Crippen LogP contribution is -2.27. The molecule has 1 saturated heterocycles. The van der Waals surface area contributed by atoms with Crippen molar-refractivity contribution < 1.29 is 23.9 Å². The van der Waals surface area contributed by atoms with E-state index in [-0.39, 0.29) is 17.2 Å². The van der Waals surface area contributed by atoms with Crippen molar-refractivity contribution in [3.05, 3.63) is 83.3 Å². The summed E-state index contributed by atoms with van der Waals surface area (Å²) in [6.07, 6.45) is 1.58. The first-order valence-corrected chi connectivity index (χ1v) is 12.8. The molecule has 0 radical (unpaired) electrons. The number of esters is 1. The molecule has 3 aromatic rings. The van der Waals surface area contributed by atoms with Crippen molar-refractivity contribution in [1.82, 2.24) is 4.90 Å². The number of benzene rings is 2. The highest BCUT2D eigenvalue weighted by atomic mass is 79.9. The molecule has 0 aliphatic carbocycles. The molecule has 1 aromatic heterocycles. The van der Waals surface area contributed by atoms with Crippen LogP contribution < -0.4 is 9.47 Å². The van der Waals surface area contributed by atoms with Crippen LogP contribution in [0.25, 0.3) is 6.08 Å². The van der Waals surface area contributed by atoms with Crippen LogP contribution in [0.15, 0.2) is 57.2 Å². The molecule has 34 heavy (non-hydrogen) atoms. The molecule has 2 heterocycles. The van der Waals surface area contributed by atoms with Gasteiger partial charge in [0, 0.05) is 0 Å². The zero-order chi connectivity index (χ0) is 24.4. The van der Waals surface area contributed by atoms with E-state index in [0.29, 0.717) is 36.3 Å². The van der Waals surface area contributed by atoms with Crippen LogP contribution in [-0.2, 0) is 11.3 Å². The number of hydrogen-bond donors (Lipinski definition) is 0. The van der Waals surface area contributed by atoms with Crippen LogP contribution in [0.3, 0.4) is 0 Å². The summed E-state index contributed by atoms with van der Waals surface area (Å²) in [6, 6.07) is 11.7. The van der Waals surface area contributed by atoms with E-state index in [1.807, 2.05) is 0 Å². The zero-order valence-electron chi connectivity index (χ0n) is 17.3. The fourth-order valence-corrected chi connectivity index (χ4v) is 5.37. The molecule has 0 unspecified atom stereocenters. The molecule has 6 nitrogen and oxygen atoms in total. The number of rotatable bonds is 6. The Kier molecular flexibility index (Phi) is 7.69. The van der Waals surface area contributed by atoms with E-state index in [2.05, 4.69) is 15.9 Å². The zero-order valence-corrected chi connectivity index (χ0v) is 22.1. The maximum Gasteiger partial charge on any atom is 0.353 e. The van der Waals surface area contributed by atoms with Gasteiger partial charge in [0.05, 0.1) is 33.1 Å². The lowest BCUT2D eigenvalue weighted by atomic mass is 10.1. The van der Waals surface area contributed by atoms with Crippen LogP contribution >= 0.6 is 62.2 Å². The highest BCUT2D eigenvalue weighted by Gasteiger charge is 2.35. The maximum absolute atomic E-state index is 12.9. The van der Waals surface area contributed by atoms with Gasteiger partial charge in [-0.2, -0.15) is 0 Å². The maximum atomic E-state index is 12.9. The lowest BCUT2D eigenvalue weighted by molar-refractivity contribution is -0.123. The molecular weight excluding hydrogens is 585 g/mol. The smallest absolute Gasteiger partial charge is 0.353 e. The van der Waals surface area contributed by atoms with Gasteiger partial charge in [-0.15, -0.1) is 11.3 Å². The molecule has 2 amide bonds. The standard InChI is InChI=1S/C23H14BrCl2NO5S2/c1-31-17-9-13(7-14(24)20(17)32-22(29)18-3-2-6-33-18)10-19-21(28)27(23(30)34-19)11-12-4-5-15(25)16(26)8-12/h2-10H,11H2,1H3/b19-10-. The first-order valence-electron chi connectivity index (χ1n) is 9.59. The van der Waals surface area contributed by atoms with Crippen molar-refractivity contribution in [2.45, 2.75) is 6.54 Å². The number of amides is 2. The van der Waals surface area contributed by atoms with Gasteiger partial charge in [-0.3, -0.25) is 14.5 Å². The first kappa shape index (κ1) is 24.8. The largest absolute Gasteiger partial charge is 0.493 e. The number of ether oxygens (including phenoxy) is 2. The van der Waals surface area contributed by atoms with Crippen LogP contribution in [0.5, 0.6) is 11.5 Å². The molecule has 11 heteroatoms. The summed E-state index contributed by atoms with van der Waals surface area (Å²) in [5.74, 6) is -0.430. The summed E-state index contributed by atoms with van der Waals surface area (Å²) in [6.45, 7) is 0.0729. The average Bonchev–Trinajstić information content (AvgIpc) is 3.43. The van der Waals surface area contributed by atoms with Gasteiger partial charge in [-0.25, -0.2) is 4.79 Å². The minimum absolute atomic E-state index is 0.0729. The highest BCUT2D eigenvalue weighted by Crippen LogP contribution is 2.40. The van der Waals surface area contributed by atoms with Crippen LogP contribution in [-0.4, -0.2) is 29.1 Å². The van der Waals surface area contributed by atoms with Gasteiger partial charge in [-0.05, 0) is 80.6 Å². The van der Waals surface area contributed by atoms with Crippen LogP contribution in [0.4, 0.5) is 4.79 Å². The Morgan fingerprint density at radius 1 is 1.15 bits per heavy atom. The number of carbonyl (C=O) groups excluding carboxylic acids is 3. The van der Waals surface area contributed by atoms with Gasteiger partial charge < -0.3 is 9.47 Å². The van der Waals surface area contributed by atoms with E-state index in [4.69, 9.17) is 32.7 Å². The quantitative estimate of drug-likeness (QED) is 0.169. The minimum Gasteiger partial charge on any atom is -0.493 e. The number of thioether (sulfide) groups is 1. The number of methoxy groups -OCH3 is 1. The molecule has 0 atom stereocenters. The summed E-state index contributed by atoms with van der Waals surface area (Å²) in [5, 5.41) is 2.12. The molecule has 1 aliphatic rings. The summed E-state index contributed by atoms with van der Waals surface area (Å²) in [5.41, 5.74) is 1.26. The topological polar surface area (TPSA) is 72.9 Å². The summed E-state index contributed by atoms with van der Waals surface area (Å²) >= 11 is 17.5. The van der Waals surface area contributed by atoms with Crippen molar-refractivity contribution in [2.24, 2.45) is 0 Å². The average molecular weight is 599 g/mol. The van der Waals surface area contributed by atoms with Gasteiger partial charge in [-0.1, -0.05) is 35.3 Å². The normalized spacial score (nSPS) is 14.7. The Balaban J connectivity index is 1.56. The third-order valence-electron chi connectivity index (χ3n) is 4.66. The van der Waals surface area contributed by atoms with E-state index in [9.17, 15) is 14.4 Å². The second-order valence-electron chi connectivity index (χ2n) is 6.92. The molecule has 1 aliphatic heterocycles. The third-order valence-corrected chi connectivity index (χ3v) is 7.75. The van der Waals surface area contributed by atoms with Crippen molar-refractivity contribution in [3.8, 4) is 11.5 Å². The summed E-state index contributed by atoms with van der Waals surface area (Å²) in [4.78, 5) is 39.6. The monoisotopic (exact) mass is 597 g/mol. The SMILES string of the molecule is COc1cc(/C=C2\SC(=O)N(Cc3ccc(Cl)c(Cl)c3)C2=O)cc(Br)c1OC(=O)c1cccs1. The van der Waals surface area contributed by atoms with Crippen LogP contribution in [0.2, 0.25) is 10.0 Å². The number of nitrogens with zero attached hydrogens (tertiary/aromatic N) is 1. The number of hydrogen-bond acceptors (Lipinski definition) is 7. The molecule has 0 saturated carbocycles. The van der Waals surface area contributed by atoms with Gasteiger partial charge in [0.1, 0.15) is 4.88 Å². The van der Waals surface area contributed by atoms with Crippen molar-refractivity contribution >= 4 is 85.4 Å². The summed E-state index contributed by atoms with van der Waals surface area (Å²) in [7, 11) is 1.44. The van der Waals surface area contributed by atoms with Crippen LogP contribution in [0.1, 0.15) is 20.8 Å². The fraction of sp³-hybridized carbons (Fsp3) is 0.0870. The fourth-order valence-electron chi connectivity index (χ4n) is 3.07. The molecule has 174 valence electrons. The van der Waals surface area contributed by atoms with Gasteiger partial charge in [0.15, 0.2) is 11.5 Å². The molecule has 1 fully saturated rings. The Bertz CT molecular complexity index is 1330. The van der Waals surface area contributed by atoms with E-state index in [0.717, 1.165) is 16.7 Å². The molecule has 0 spiro atoms. The van der Waals surface area contributed by atoms with E-state index < -0.39 is 17.1 Å². The van der Waals surface area contributed by atoms with Gasteiger partial charge in [0.2, 0.25) is 0 Å². The molecule has 2 aromatic carbocycles. The van der Waals surface area contributed by atoms with Crippen LogP contribution in [0, 0.1) is 0 Å². The number of carbonyl (C=O) groups is 3. The molecular formula is C23H14BrCl2NO5S2. The third kappa shape index (κ3) is 5.34. The van der Waals surface area contributed by atoms with Gasteiger partial charge in [0.25, 0.3) is 11.1 Å². The highest BCUT2D eigenvalue weighted by molar-refractivity contribution is 9.10. The Morgan fingerprint density at radius 3 is 2.62 bits per heavy atom. The second kappa shape index (κ2) is 10.5. The predicted molar refractivity (Wildman–Crippen MR) is 138 cm³/mol. The molecule has 0 bridgehead atoms. The second-order valence-corrected chi connectivity index (χ2v) is 10.5. The van der Waals surface area contributed by atoms with E-state index in [1.165, 1.54) is 18.4 Å². The number of thiophene rings is 1. The first-order chi connectivity index (χ1) is 16.3. The molecule has 4 rings (SSSR count). The summed E-state index contributed by atoms with van der Waals surface area (Å²) < 4.78 is 11.4. The number of imide groups is 1. The molecule has 0 N–H and O–H groups in total. The Morgan fingerprint density at radius 2 is 1.94 bits per heavy atom. The van der Waals surface area contributed by atoms with Crippen molar-refractivity contribution in [3.63, 3.8) is 0 Å². The minimum atomic E-state index is -0.509. The van der Waals surface area contributed by atoms with Crippen molar-refractivity contribution in [2.75, 3.05) is 7.11 Å². The van der Waals surface area contributed by atoms with Crippen molar-refractivity contribution in [1.29, 1.82) is 0 Å². The lowest BCUT2D eigenvalue weighted by Gasteiger charge is -2.13. The number of halogens is 3. The van der Waals surface area contributed by atoms with E-state index >= 15 is 0 Å². The van der Waals surface area contributed by atoms with Gasteiger partial charge >= 0.3 is 5.97 Å². The Hall–Kier alpha value is -2.30. The predicted octanol–water partition coefficient (Wildman–Crippen LogP) is 7.28. The Labute approximate surface area is 221 Å².